The van der Waals surface area contributed by atoms with Crippen LogP contribution in [0.2, 0.25) is 0 Å². The Labute approximate surface area is 101 Å². The van der Waals surface area contributed by atoms with E-state index in [1.54, 1.807) is 6.20 Å². The molecule has 3 heterocycles. The largest absolute Gasteiger partial charge is 0.459 e. The highest BCUT2D eigenvalue weighted by Gasteiger charge is 2.42. The number of nitrogens with zero attached hydrogens (tertiary/aromatic N) is 2. The van der Waals surface area contributed by atoms with E-state index < -0.39 is 0 Å². The summed E-state index contributed by atoms with van der Waals surface area (Å²) in [6.07, 6.45) is 6.97. The molecule has 3 rings (SSSR count). The number of aromatic nitrogens is 2. The second-order valence-corrected chi connectivity index (χ2v) is 5.01. The molecular formula is C12H19N3O2. The Morgan fingerprint density at radius 2 is 2.35 bits per heavy atom. The van der Waals surface area contributed by atoms with Crippen LogP contribution in [0.3, 0.4) is 0 Å². The van der Waals surface area contributed by atoms with E-state index in [2.05, 4.69) is 10.3 Å². The molecular weight excluding hydrogens is 218 g/mol. The van der Waals surface area contributed by atoms with Gasteiger partial charge in [0.2, 0.25) is 0 Å². The van der Waals surface area contributed by atoms with Crippen LogP contribution in [0.5, 0.6) is 6.01 Å². The topological polar surface area (TPSA) is 48.3 Å². The van der Waals surface area contributed by atoms with Gasteiger partial charge in [-0.2, -0.15) is 0 Å². The molecule has 1 aromatic rings. The molecule has 94 valence electrons. The average Bonchev–Trinajstić information content (AvgIpc) is 2.90. The smallest absolute Gasteiger partial charge is 0.296 e. The zero-order chi connectivity index (χ0) is 11.7. The molecule has 1 unspecified atom stereocenters. The lowest BCUT2D eigenvalue weighted by Gasteiger charge is -2.32. The van der Waals surface area contributed by atoms with Crippen molar-refractivity contribution in [1.82, 2.24) is 14.9 Å². The van der Waals surface area contributed by atoms with E-state index in [9.17, 15) is 0 Å². The molecule has 1 N–H and O–H groups in total. The lowest BCUT2D eigenvalue weighted by molar-refractivity contribution is -0.0206. The summed E-state index contributed by atoms with van der Waals surface area (Å²) in [6.45, 7) is 2.79. The number of piperidine rings is 1. The minimum Gasteiger partial charge on any atom is -0.459 e. The minimum absolute atomic E-state index is 0.0566. The van der Waals surface area contributed by atoms with E-state index in [1.165, 1.54) is 0 Å². The molecule has 5 nitrogen and oxygen atoms in total. The first-order valence-corrected chi connectivity index (χ1v) is 6.26. The third-order valence-corrected chi connectivity index (χ3v) is 3.74. The Hall–Kier alpha value is -1.07. The fourth-order valence-electron chi connectivity index (χ4n) is 2.72. The first-order valence-electron chi connectivity index (χ1n) is 6.26. The Morgan fingerprint density at radius 3 is 3.06 bits per heavy atom. The maximum Gasteiger partial charge on any atom is 0.296 e. The average molecular weight is 237 g/mol. The second kappa shape index (κ2) is 4.31. The molecule has 2 aliphatic heterocycles. The fraction of sp³-hybridized carbons (Fsp3) is 0.750. The minimum atomic E-state index is 0.0566. The third kappa shape index (κ3) is 2.17. The van der Waals surface area contributed by atoms with Gasteiger partial charge in [0.05, 0.1) is 12.2 Å². The summed E-state index contributed by atoms with van der Waals surface area (Å²) in [7, 11) is 1.94. The van der Waals surface area contributed by atoms with Crippen molar-refractivity contribution in [2.24, 2.45) is 7.05 Å². The normalized spacial score (nSPS) is 27.5. The van der Waals surface area contributed by atoms with Gasteiger partial charge >= 0.3 is 0 Å². The zero-order valence-electron chi connectivity index (χ0n) is 10.2. The van der Waals surface area contributed by atoms with Crippen LogP contribution in [0, 0.1) is 0 Å². The van der Waals surface area contributed by atoms with Crippen molar-refractivity contribution in [3.05, 3.63) is 12.4 Å². The molecule has 1 aromatic heterocycles. The van der Waals surface area contributed by atoms with Crippen LogP contribution < -0.4 is 10.1 Å². The summed E-state index contributed by atoms with van der Waals surface area (Å²) in [4.78, 5) is 4.19. The van der Waals surface area contributed by atoms with Crippen molar-refractivity contribution < 1.29 is 9.47 Å². The monoisotopic (exact) mass is 237 g/mol. The van der Waals surface area contributed by atoms with Crippen molar-refractivity contribution >= 4 is 0 Å². The van der Waals surface area contributed by atoms with Crippen molar-refractivity contribution in [2.45, 2.75) is 31.0 Å². The molecule has 5 heteroatoms. The van der Waals surface area contributed by atoms with E-state index in [0.29, 0.717) is 12.6 Å². The van der Waals surface area contributed by atoms with Gasteiger partial charge in [-0.3, -0.25) is 0 Å². The lowest BCUT2D eigenvalue weighted by Crippen LogP contribution is -2.41. The zero-order valence-corrected chi connectivity index (χ0v) is 10.2. The predicted octanol–water partition coefficient (Wildman–Crippen LogP) is 0.710. The molecule has 0 aromatic carbocycles. The van der Waals surface area contributed by atoms with E-state index in [4.69, 9.17) is 9.47 Å². The molecule has 17 heavy (non-hydrogen) atoms. The SMILES string of the molecule is Cn1ccnc1OC1COC2(CCNCC2)C1. The van der Waals surface area contributed by atoms with Gasteiger partial charge in [0.1, 0.15) is 6.10 Å². The Balaban J connectivity index is 1.62. The molecule has 0 saturated carbocycles. The maximum atomic E-state index is 5.98. The first-order chi connectivity index (χ1) is 8.27. The molecule has 1 atom stereocenters. The van der Waals surface area contributed by atoms with E-state index in [0.717, 1.165) is 32.4 Å². The van der Waals surface area contributed by atoms with Crippen LogP contribution >= 0.6 is 0 Å². The van der Waals surface area contributed by atoms with E-state index in [-0.39, 0.29) is 11.7 Å². The number of hydrogen-bond donors (Lipinski definition) is 1. The summed E-state index contributed by atoms with van der Waals surface area (Å²) in [5.74, 6) is 0. The van der Waals surface area contributed by atoms with Crippen LogP contribution in [0.25, 0.3) is 0 Å². The Morgan fingerprint density at radius 1 is 1.53 bits per heavy atom. The summed E-state index contributed by atoms with van der Waals surface area (Å²) in [6, 6.07) is 0.685. The molecule has 0 radical (unpaired) electrons. The fourth-order valence-corrected chi connectivity index (χ4v) is 2.72. The number of nitrogens with one attached hydrogen (secondary N) is 1. The van der Waals surface area contributed by atoms with Gasteiger partial charge in [-0.25, -0.2) is 4.98 Å². The molecule has 0 bridgehead atoms. The van der Waals surface area contributed by atoms with Crippen LogP contribution in [0.1, 0.15) is 19.3 Å². The highest BCUT2D eigenvalue weighted by atomic mass is 16.6. The van der Waals surface area contributed by atoms with Crippen LogP contribution in [-0.4, -0.2) is 41.0 Å². The summed E-state index contributed by atoms with van der Waals surface area (Å²) in [5.41, 5.74) is 0.0566. The third-order valence-electron chi connectivity index (χ3n) is 3.74. The second-order valence-electron chi connectivity index (χ2n) is 5.01. The number of ether oxygens (including phenoxy) is 2. The van der Waals surface area contributed by atoms with Gasteiger partial charge in [-0.05, 0) is 25.9 Å². The summed E-state index contributed by atoms with van der Waals surface area (Å²) in [5, 5.41) is 3.37. The van der Waals surface area contributed by atoms with Crippen molar-refractivity contribution in [1.29, 1.82) is 0 Å². The van der Waals surface area contributed by atoms with Crippen molar-refractivity contribution in [3.63, 3.8) is 0 Å². The first kappa shape index (κ1) is 11.0. The maximum absolute atomic E-state index is 5.98. The highest BCUT2D eigenvalue weighted by molar-refractivity contribution is 5.01. The van der Waals surface area contributed by atoms with Gasteiger partial charge in [-0.1, -0.05) is 0 Å². The molecule has 2 aliphatic rings. The van der Waals surface area contributed by atoms with E-state index in [1.807, 2.05) is 17.8 Å². The molecule has 0 aliphatic carbocycles. The van der Waals surface area contributed by atoms with Crippen molar-refractivity contribution in [3.8, 4) is 6.01 Å². The Bertz CT molecular complexity index is 385. The lowest BCUT2D eigenvalue weighted by atomic mass is 9.89. The summed E-state index contributed by atoms with van der Waals surface area (Å²) < 4.78 is 13.8. The van der Waals surface area contributed by atoms with Crippen LogP contribution in [-0.2, 0) is 11.8 Å². The van der Waals surface area contributed by atoms with Gasteiger partial charge < -0.3 is 19.4 Å². The molecule has 0 amide bonds. The number of rotatable bonds is 2. The van der Waals surface area contributed by atoms with Crippen LogP contribution in [0.15, 0.2) is 12.4 Å². The predicted molar refractivity (Wildman–Crippen MR) is 63.0 cm³/mol. The molecule has 2 saturated heterocycles. The van der Waals surface area contributed by atoms with Gasteiger partial charge in [0.15, 0.2) is 0 Å². The number of hydrogen-bond acceptors (Lipinski definition) is 4. The number of aryl methyl sites for hydroxylation is 1. The van der Waals surface area contributed by atoms with Crippen molar-refractivity contribution in [2.75, 3.05) is 19.7 Å². The van der Waals surface area contributed by atoms with Gasteiger partial charge in [-0.15, -0.1) is 0 Å². The molecule has 1 spiro atoms. The van der Waals surface area contributed by atoms with E-state index >= 15 is 0 Å². The standard InChI is InChI=1S/C12H19N3O2/c1-15-7-6-14-11(15)17-10-8-12(16-9-10)2-4-13-5-3-12/h6-7,10,13H,2-5,8-9H2,1H3. The number of imidazole rings is 1. The highest BCUT2D eigenvalue weighted by Crippen LogP contribution is 2.35. The Kier molecular flexibility index (Phi) is 2.80. The van der Waals surface area contributed by atoms with Gasteiger partial charge in [0.25, 0.3) is 6.01 Å². The molecule has 2 fully saturated rings. The van der Waals surface area contributed by atoms with Gasteiger partial charge in [0, 0.05) is 25.9 Å². The quantitative estimate of drug-likeness (QED) is 0.823. The summed E-state index contributed by atoms with van der Waals surface area (Å²) >= 11 is 0. The van der Waals surface area contributed by atoms with Crippen LogP contribution in [0.4, 0.5) is 0 Å².